The highest BCUT2D eigenvalue weighted by atomic mass is 19.1. The summed E-state index contributed by atoms with van der Waals surface area (Å²) in [6.45, 7) is 4.41. The number of piperidine rings is 1. The molecule has 1 aliphatic heterocycles. The first-order chi connectivity index (χ1) is 14.6. The second kappa shape index (κ2) is 10.9. The van der Waals surface area contributed by atoms with Gasteiger partial charge in [-0.2, -0.15) is 0 Å². The first kappa shape index (κ1) is 22.0. The number of carbonyl (C=O) groups is 2. The Hall–Kier alpha value is -2.73. The van der Waals surface area contributed by atoms with Crippen molar-refractivity contribution in [2.75, 3.05) is 25.0 Å². The first-order valence-corrected chi connectivity index (χ1v) is 10.6. The van der Waals surface area contributed by atoms with Crippen LogP contribution < -0.4 is 5.32 Å². The number of amides is 1. The number of nitrogens with one attached hydrogen (secondary N) is 1. The number of rotatable bonds is 8. The highest BCUT2D eigenvalue weighted by Crippen LogP contribution is 2.21. The van der Waals surface area contributed by atoms with Crippen molar-refractivity contribution in [1.29, 1.82) is 0 Å². The van der Waals surface area contributed by atoms with Crippen LogP contribution in [-0.4, -0.2) is 36.5 Å². The third kappa shape index (κ3) is 6.13. The van der Waals surface area contributed by atoms with E-state index >= 15 is 0 Å². The van der Waals surface area contributed by atoms with Gasteiger partial charge in [-0.25, -0.2) is 9.18 Å². The summed E-state index contributed by atoms with van der Waals surface area (Å²) in [7, 11) is 0. The standard InChI is InChI=1S/C24H29FN2O3/c1-2-3-15-30-24(29)18-10-12-21(13-11-18)26-23(28)20-8-6-14-27(17-20)16-19-7-4-5-9-22(19)25/h4-5,7,9-13,20H,2-3,6,8,14-17H2,1H3,(H,26,28). The third-order valence-corrected chi connectivity index (χ3v) is 5.35. The van der Waals surface area contributed by atoms with E-state index in [2.05, 4.69) is 10.2 Å². The van der Waals surface area contributed by atoms with Crippen molar-refractivity contribution in [1.82, 2.24) is 4.90 Å². The molecule has 1 unspecified atom stereocenters. The van der Waals surface area contributed by atoms with Crippen LogP contribution in [0, 0.1) is 11.7 Å². The molecule has 0 radical (unpaired) electrons. The van der Waals surface area contributed by atoms with Crippen LogP contribution >= 0.6 is 0 Å². The van der Waals surface area contributed by atoms with Crippen molar-refractivity contribution in [2.24, 2.45) is 5.92 Å². The van der Waals surface area contributed by atoms with Gasteiger partial charge >= 0.3 is 5.97 Å². The molecule has 0 aliphatic carbocycles. The minimum Gasteiger partial charge on any atom is -0.462 e. The maximum atomic E-state index is 13.9. The van der Waals surface area contributed by atoms with Gasteiger partial charge in [0.15, 0.2) is 0 Å². The lowest BCUT2D eigenvalue weighted by molar-refractivity contribution is -0.121. The molecular weight excluding hydrogens is 383 g/mol. The number of unbranched alkanes of at least 4 members (excludes halogenated alkanes) is 1. The average Bonchev–Trinajstić information content (AvgIpc) is 2.76. The Morgan fingerprint density at radius 1 is 1.17 bits per heavy atom. The molecule has 1 amide bonds. The highest BCUT2D eigenvalue weighted by Gasteiger charge is 2.26. The fourth-order valence-corrected chi connectivity index (χ4v) is 3.61. The van der Waals surface area contributed by atoms with E-state index in [-0.39, 0.29) is 23.6 Å². The van der Waals surface area contributed by atoms with Crippen molar-refractivity contribution >= 4 is 17.6 Å². The number of carbonyl (C=O) groups excluding carboxylic acids is 2. The van der Waals surface area contributed by atoms with Gasteiger partial charge in [-0.05, 0) is 56.1 Å². The quantitative estimate of drug-likeness (QED) is 0.507. The predicted octanol–water partition coefficient (Wildman–Crippen LogP) is 4.63. The molecule has 0 bridgehead atoms. The number of ether oxygens (including phenoxy) is 1. The number of halogens is 1. The number of likely N-dealkylation sites (tertiary alicyclic amines) is 1. The lowest BCUT2D eigenvalue weighted by atomic mass is 9.96. The summed E-state index contributed by atoms with van der Waals surface area (Å²) >= 11 is 0. The molecule has 5 nitrogen and oxygen atoms in total. The monoisotopic (exact) mass is 412 g/mol. The van der Waals surface area contributed by atoms with Crippen LogP contribution in [0.15, 0.2) is 48.5 Å². The molecular formula is C24H29FN2O3. The molecule has 160 valence electrons. The van der Waals surface area contributed by atoms with Gasteiger partial charge in [-0.3, -0.25) is 9.69 Å². The minimum atomic E-state index is -0.350. The summed E-state index contributed by atoms with van der Waals surface area (Å²) in [6, 6.07) is 13.5. The van der Waals surface area contributed by atoms with E-state index in [4.69, 9.17) is 4.74 Å². The molecule has 0 spiro atoms. The molecule has 0 saturated carbocycles. The van der Waals surface area contributed by atoms with Crippen molar-refractivity contribution < 1.29 is 18.7 Å². The summed E-state index contributed by atoms with van der Waals surface area (Å²) in [6.07, 6.45) is 3.52. The second-order valence-electron chi connectivity index (χ2n) is 7.72. The Morgan fingerprint density at radius 2 is 1.93 bits per heavy atom. The van der Waals surface area contributed by atoms with E-state index < -0.39 is 0 Å². The average molecular weight is 413 g/mol. The van der Waals surface area contributed by atoms with E-state index in [1.807, 2.05) is 13.0 Å². The molecule has 1 atom stereocenters. The van der Waals surface area contributed by atoms with Gasteiger partial charge < -0.3 is 10.1 Å². The lowest BCUT2D eigenvalue weighted by Crippen LogP contribution is -2.40. The van der Waals surface area contributed by atoms with Crippen molar-refractivity contribution in [3.8, 4) is 0 Å². The molecule has 3 rings (SSSR count). The molecule has 30 heavy (non-hydrogen) atoms. The number of benzene rings is 2. The maximum absolute atomic E-state index is 13.9. The zero-order valence-corrected chi connectivity index (χ0v) is 17.4. The number of hydrogen-bond donors (Lipinski definition) is 1. The van der Waals surface area contributed by atoms with Crippen LogP contribution in [-0.2, 0) is 16.1 Å². The molecule has 1 N–H and O–H groups in total. The Bertz CT molecular complexity index is 854. The van der Waals surface area contributed by atoms with E-state index in [0.717, 1.165) is 32.2 Å². The molecule has 6 heteroatoms. The SMILES string of the molecule is CCCCOC(=O)c1ccc(NC(=O)C2CCCN(Cc3ccccc3F)C2)cc1. The Labute approximate surface area is 177 Å². The van der Waals surface area contributed by atoms with Gasteiger partial charge in [0.05, 0.1) is 18.1 Å². The summed E-state index contributed by atoms with van der Waals surface area (Å²) in [5.41, 5.74) is 1.77. The predicted molar refractivity (Wildman–Crippen MR) is 115 cm³/mol. The van der Waals surface area contributed by atoms with Gasteiger partial charge in [-0.15, -0.1) is 0 Å². The van der Waals surface area contributed by atoms with Crippen LogP contribution in [0.2, 0.25) is 0 Å². The van der Waals surface area contributed by atoms with Crippen LogP contribution in [0.3, 0.4) is 0 Å². The Morgan fingerprint density at radius 3 is 2.67 bits per heavy atom. The van der Waals surface area contributed by atoms with Crippen LogP contribution in [0.4, 0.5) is 10.1 Å². The van der Waals surface area contributed by atoms with Gasteiger partial charge in [0, 0.05) is 24.3 Å². The van der Waals surface area contributed by atoms with Gasteiger partial charge in [-0.1, -0.05) is 31.5 Å². The molecule has 1 heterocycles. The van der Waals surface area contributed by atoms with Gasteiger partial charge in [0.25, 0.3) is 0 Å². The highest BCUT2D eigenvalue weighted by molar-refractivity contribution is 5.94. The fraction of sp³-hybridized carbons (Fsp3) is 0.417. The number of anilines is 1. The maximum Gasteiger partial charge on any atom is 0.338 e. The number of esters is 1. The van der Waals surface area contributed by atoms with Crippen molar-refractivity contribution in [3.05, 3.63) is 65.5 Å². The molecule has 2 aromatic rings. The summed E-state index contributed by atoms with van der Waals surface area (Å²) in [4.78, 5) is 26.8. The number of nitrogens with zero attached hydrogens (tertiary/aromatic N) is 1. The minimum absolute atomic E-state index is 0.0495. The Balaban J connectivity index is 1.52. The third-order valence-electron chi connectivity index (χ3n) is 5.35. The second-order valence-corrected chi connectivity index (χ2v) is 7.72. The van der Waals surface area contributed by atoms with Gasteiger partial charge in [0.1, 0.15) is 5.82 Å². The molecule has 0 aromatic heterocycles. The molecule has 1 aliphatic rings. The van der Waals surface area contributed by atoms with Gasteiger partial charge in [0.2, 0.25) is 5.91 Å². The van der Waals surface area contributed by atoms with Crippen LogP contribution in [0.25, 0.3) is 0 Å². The molecule has 2 aromatic carbocycles. The number of hydrogen-bond acceptors (Lipinski definition) is 4. The van der Waals surface area contributed by atoms with Crippen LogP contribution in [0.5, 0.6) is 0 Å². The smallest absolute Gasteiger partial charge is 0.338 e. The zero-order chi connectivity index (χ0) is 21.3. The largest absolute Gasteiger partial charge is 0.462 e. The van der Waals surface area contributed by atoms with Crippen molar-refractivity contribution in [3.63, 3.8) is 0 Å². The fourth-order valence-electron chi connectivity index (χ4n) is 3.61. The summed E-state index contributed by atoms with van der Waals surface area (Å²) in [5.74, 6) is -0.759. The topological polar surface area (TPSA) is 58.6 Å². The zero-order valence-electron chi connectivity index (χ0n) is 17.4. The van der Waals surface area contributed by atoms with E-state index in [1.54, 1.807) is 36.4 Å². The van der Waals surface area contributed by atoms with Crippen molar-refractivity contribution in [2.45, 2.75) is 39.2 Å². The normalized spacial score (nSPS) is 16.8. The van der Waals surface area contributed by atoms with E-state index in [0.29, 0.717) is 36.5 Å². The Kier molecular flexibility index (Phi) is 7.97. The molecule has 1 saturated heterocycles. The summed E-state index contributed by atoms with van der Waals surface area (Å²) < 4.78 is 19.1. The lowest BCUT2D eigenvalue weighted by Gasteiger charge is -2.32. The van der Waals surface area contributed by atoms with E-state index in [9.17, 15) is 14.0 Å². The van der Waals surface area contributed by atoms with E-state index in [1.165, 1.54) is 6.07 Å². The first-order valence-electron chi connectivity index (χ1n) is 10.6. The molecule has 1 fully saturated rings. The van der Waals surface area contributed by atoms with Crippen LogP contribution in [0.1, 0.15) is 48.5 Å². The summed E-state index contributed by atoms with van der Waals surface area (Å²) in [5, 5.41) is 2.93.